The first-order valence-corrected chi connectivity index (χ1v) is 7.59. The van der Waals surface area contributed by atoms with E-state index in [1.54, 1.807) is 13.8 Å². The minimum Gasteiger partial charge on any atom is -0.308 e. The SMILES string of the molecule is CCOP(=O)(OCC)[C@H](C#N)Cc1ccccc1. The van der Waals surface area contributed by atoms with E-state index in [-0.39, 0.29) is 13.2 Å². The standard InChI is InChI=1S/C13H18NO3P/c1-3-16-18(15,17-4-2)13(11-14)10-12-8-6-5-7-9-12/h5-9,13H,3-4,10H2,1-2H3/t13-/m0/s1. The summed E-state index contributed by atoms with van der Waals surface area (Å²) in [5.74, 6) is 0. The molecule has 0 bridgehead atoms. The Balaban J connectivity index is 2.87. The molecule has 0 N–H and O–H groups in total. The van der Waals surface area contributed by atoms with Crippen molar-refractivity contribution in [2.75, 3.05) is 13.2 Å². The first-order chi connectivity index (χ1) is 8.66. The Morgan fingerprint density at radius 1 is 1.22 bits per heavy atom. The average Bonchev–Trinajstić information content (AvgIpc) is 2.37. The Labute approximate surface area is 108 Å². The van der Waals surface area contributed by atoms with Gasteiger partial charge in [0.05, 0.1) is 19.3 Å². The summed E-state index contributed by atoms with van der Waals surface area (Å²) in [6, 6.07) is 11.5. The summed E-state index contributed by atoms with van der Waals surface area (Å²) in [4.78, 5) is 0. The maximum Gasteiger partial charge on any atom is 0.348 e. The molecule has 98 valence electrons. The van der Waals surface area contributed by atoms with Crippen molar-refractivity contribution in [3.8, 4) is 6.07 Å². The highest BCUT2D eigenvalue weighted by Crippen LogP contribution is 2.53. The Kier molecular flexibility index (Phi) is 6.07. The van der Waals surface area contributed by atoms with Crippen LogP contribution in [0.15, 0.2) is 30.3 Å². The highest BCUT2D eigenvalue weighted by molar-refractivity contribution is 7.55. The second-order valence-electron chi connectivity index (χ2n) is 3.71. The van der Waals surface area contributed by atoms with Crippen molar-refractivity contribution in [1.29, 1.82) is 5.26 Å². The Morgan fingerprint density at radius 2 is 1.78 bits per heavy atom. The second-order valence-corrected chi connectivity index (χ2v) is 5.93. The fraction of sp³-hybridized carbons (Fsp3) is 0.462. The van der Waals surface area contributed by atoms with Gasteiger partial charge in [-0.2, -0.15) is 5.26 Å². The average molecular weight is 267 g/mol. The summed E-state index contributed by atoms with van der Waals surface area (Å²) in [6.45, 7) is 4.01. The quantitative estimate of drug-likeness (QED) is 0.710. The molecule has 5 heteroatoms. The molecule has 1 aromatic carbocycles. The van der Waals surface area contributed by atoms with Gasteiger partial charge in [-0.1, -0.05) is 30.3 Å². The molecule has 1 atom stereocenters. The van der Waals surface area contributed by atoms with Gasteiger partial charge in [0.2, 0.25) is 0 Å². The van der Waals surface area contributed by atoms with Crippen LogP contribution in [0, 0.1) is 11.3 Å². The lowest BCUT2D eigenvalue weighted by Crippen LogP contribution is -2.14. The second kappa shape index (κ2) is 7.33. The smallest absolute Gasteiger partial charge is 0.308 e. The molecule has 4 nitrogen and oxygen atoms in total. The number of nitrogens with zero attached hydrogens (tertiary/aromatic N) is 1. The minimum absolute atomic E-state index is 0.268. The van der Waals surface area contributed by atoms with E-state index in [0.717, 1.165) is 5.56 Å². The van der Waals surface area contributed by atoms with E-state index in [1.807, 2.05) is 36.4 Å². The topological polar surface area (TPSA) is 59.3 Å². The van der Waals surface area contributed by atoms with E-state index in [0.29, 0.717) is 6.42 Å². The van der Waals surface area contributed by atoms with E-state index in [1.165, 1.54) is 0 Å². The first-order valence-electron chi connectivity index (χ1n) is 5.98. The zero-order valence-electron chi connectivity index (χ0n) is 10.7. The molecular formula is C13H18NO3P. The van der Waals surface area contributed by atoms with Crippen LogP contribution in [0.4, 0.5) is 0 Å². The monoisotopic (exact) mass is 267 g/mol. The van der Waals surface area contributed by atoms with Crippen LogP contribution in [-0.2, 0) is 20.0 Å². The molecule has 1 rings (SSSR count). The molecule has 0 saturated carbocycles. The van der Waals surface area contributed by atoms with Gasteiger partial charge in [-0.25, -0.2) is 0 Å². The van der Waals surface area contributed by atoms with Gasteiger partial charge in [-0.05, 0) is 25.8 Å². The molecule has 0 fully saturated rings. The lowest BCUT2D eigenvalue weighted by atomic mass is 10.1. The van der Waals surface area contributed by atoms with Crippen LogP contribution in [0.5, 0.6) is 0 Å². The van der Waals surface area contributed by atoms with Crippen molar-refractivity contribution in [2.45, 2.75) is 25.9 Å². The van der Waals surface area contributed by atoms with Gasteiger partial charge in [-0.15, -0.1) is 0 Å². The van der Waals surface area contributed by atoms with E-state index in [9.17, 15) is 9.83 Å². The van der Waals surface area contributed by atoms with Crippen LogP contribution >= 0.6 is 7.60 Å². The van der Waals surface area contributed by atoms with E-state index >= 15 is 0 Å². The molecule has 0 spiro atoms. The molecule has 0 aliphatic carbocycles. The Hall–Kier alpha value is -1.14. The molecule has 0 unspecified atom stereocenters. The molecular weight excluding hydrogens is 249 g/mol. The molecule has 18 heavy (non-hydrogen) atoms. The van der Waals surface area contributed by atoms with Crippen molar-refractivity contribution < 1.29 is 13.6 Å². The first kappa shape index (κ1) is 14.9. The van der Waals surface area contributed by atoms with Crippen molar-refractivity contribution in [1.82, 2.24) is 0 Å². The highest BCUT2D eigenvalue weighted by atomic mass is 31.2. The minimum atomic E-state index is -3.36. The molecule has 0 heterocycles. The van der Waals surface area contributed by atoms with Crippen molar-refractivity contribution in [3.63, 3.8) is 0 Å². The lowest BCUT2D eigenvalue weighted by molar-refractivity contribution is 0.216. The third-order valence-electron chi connectivity index (χ3n) is 2.42. The number of hydrogen-bond acceptors (Lipinski definition) is 4. The molecule has 0 aliphatic heterocycles. The number of rotatable bonds is 7. The van der Waals surface area contributed by atoms with Crippen LogP contribution in [-0.4, -0.2) is 18.9 Å². The van der Waals surface area contributed by atoms with Crippen LogP contribution in [0.2, 0.25) is 0 Å². The zero-order chi connectivity index (χ0) is 13.4. The van der Waals surface area contributed by atoms with Crippen LogP contribution < -0.4 is 0 Å². The number of hydrogen-bond donors (Lipinski definition) is 0. The van der Waals surface area contributed by atoms with Crippen LogP contribution in [0.1, 0.15) is 19.4 Å². The fourth-order valence-corrected chi connectivity index (χ4v) is 3.37. The summed E-state index contributed by atoms with van der Waals surface area (Å²) in [6.07, 6.45) is 0.370. The van der Waals surface area contributed by atoms with Gasteiger partial charge in [0, 0.05) is 0 Å². The summed E-state index contributed by atoms with van der Waals surface area (Å²) in [5.41, 5.74) is 0.184. The number of benzene rings is 1. The fourth-order valence-electron chi connectivity index (χ4n) is 1.64. The lowest BCUT2D eigenvalue weighted by Gasteiger charge is -2.21. The summed E-state index contributed by atoms with van der Waals surface area (Å²) >= 11 is 0. The molecule has 0 saturated heterocycles. The van der Waals surface area contributed by atoms with Gasteiger partial charge in [0.25, 0.3) is 0 Å². The molecule has 0 amide bonds. The van der Waals surface area contributed by atoms with Crippen molar-refractivity contribution in [2.24, 2.45) is 0 Å². The van der Waals surface area contributed by atoms with Gasteiger partial charge in [0.1, 0.15) is 0 Å². The molecule has 0 radical (unpaired) electrons. The Morgan fingerprint density at radius 3 is 2.22 bits per heavy atom. The maximum absolute atomic E-state index is 12.5. The predicted molar refractivity (Wildman–Crippen MR) is 70.4 cm³/mol. The van der Waals surface area contributed by atoms with Crippen LogP contribution in [0.3, 0.4) is 0 Å². The largest absolute Gasteiger partial charge is 0.348 e. The van der Waals surface area contributed by atoms with Gasteiger partial charge < -0.3 is 9.05 Å². The Bertz CT molecular complexity index is 431. The summed E-state index contributed by atoms with van der Waals surface area (Å²) < 4.78 is 22.9. The number of nitriles is 1. The van der Waals surface area contributed by atoms with Gasteiger partial charge in [0.15, 0.2) is 5.66 Å². The van der Waals surface area contributed by atoms with E-state index in [2.05, 4.69) is 0 Å². The summed E-state index contributed by atoms with van der Waals surface area (Å²) in [7, 11) is -3.36. The zero-order valence-corrected chi connectivity index (χ0v) is 11.6. The van der Waals surface area contributed by atoms with Crippen molar-refractivity contribution >= 4 is 7.60 Å². The van der Waals surface area contributed by atoms with Crippen molar-refractivity contribution in [3.05, 3.63) is 35.9 Å². The third kappa shape index (κ3) is 3.96. The molecule has 0 aromatic heterocycles. The predicted octanol–water partition coefficient (Wildman–Crippen LogP) is 3.39. The van der Waals surface area contributed by atoms with Gasteiger partial charge in [-0.3, -0.25) is 4.57 Å². The molecule has 0 aliphatic rings. The normalized spacial score (nSPS) is 12.9. The van der Waals surface area contributed by atoms with E-state index < -0.39 is 13.3 Å². The molecule has 1 aromatic rings. The van der Waals surface area contributed by atoms with Crippen LogP contribution in [0.25, 0.3) is 0 Å². The van der Waals surface area contributed by atoms with Gasteiger partial charge >= 0.3 is 7.60 Å². The third-order valence-corrected chi connectivity index (χ3v) is 4.72. The van der Waals surface area contributed by atoms with E-state index in [4.69, 9.17) is 9.05 Å². The maximum atomic E-state index is 12.5. The summed E-state index contributed by atoms with van der Waals surface area (Å²) in [5, 5.41) is 9.19. The highest BCUT2D eigenvalue weighted by Gasteiger charge is 2.35.